The molecule has 0 atom stereocenters. The molecular weight excluding hydrogens is 302 g/mol. The van der Waals surface area contributed by atoms with Gasteiger partial charge in [0.25, 0.3) is 0 Å². The third kappa shape index (κ3) is 2.36. The van der Waals surface area contributed by atoms with Crippen LogP contribution >= 0.6 is 0 Å². The second kappa shape index (κ2) is 5.59. The van der Waals surface area contributed by atoms with Gasteiger partial charge in [0, 0.05) is 62.9 Å². The lowest BCUT2D eigenvalue weighted by atomic mass is 10.2. The van der Waals surface area contributed by atoms with Crippen LogP contribution in [0.5, 0.6) is 0 Å². The summed E-state index contributed by atoms with van der Waals surface area (Å²) in [7, 11) is 4.16. The number of fused-ring (bicyclic) bond motifs is 1. The number of aromatic nitrogens is 5. The first-order valence-electron chi connectivity index (χ1n) is 8.33. The van der Waals surface area contributed by atoms with Crippen molar-refractivity contribution >= 4 is 11.5 Å². The summed E-state index contributed by atoms with van der Waals surface area (Å²) in [5.74, 6) is 2.02. The van der Waals surface area contributed by atoms with Crippen molar-refractivity contribution < 1.29 is 0 Å². The average Bonchev–Trinajstić information content (AvgIpc) is 3.15. The minimum absolute atomic E-state index is 0.857. The van der Waals surface area contributed by atoms with Gasteiger partial charge in [0.1, 0.15) is 11.5 Å². The van der Waals surface area contributed by atoms with Gasteiger partial charge in [0.15, 0.2) is 11.5 Å². The number of hydrogen-bond donors (Lipinski definition) is 0. The molecule has 7 nitrogen and oxygen atoms in total. The fourth-order valence-corrected chi connectivity index (χ4v) is 3.29. The number of likely N-dealkylation sites (N-methyl/N-ethyl adjacent to an activating group) is 1. The van der Waals surface area contributed by atoms with E-state index < -0.39 is 0 Å². The maximum absolute atomic E-state index is 4.83. The van der Waals surface area contributed by atoms with E-state index in [1.54, 1.807) is 6.20 Å². The van der Waals surface area contributed by atoms with Gasteiger partial charge in [0.05, 0.1) is 0 Å². The molecule has 0 unspecified atom stereocenters. The summed E-state index contributed by atoms with van der Waals surface area (Å²) >= 11 is 0. The van der Waals surface area contributed by atoms with E-state index in [9.17, 15) is 0 Å². The molecule has 0 spiro atoms. The second-order valence-electron chi connectivity index (χ2n) is 6.60. The summed E-state index contributed by atoms with van der Waals surface area (Å²) in [6.07, 6.45) is 3.73. The van der Waals surface area contributed by atoms with E-state index in [0.717, 1.165) is 54.9 Å². The topological polar surface area (TPSA) is 54.5 Å². The Bertz CT molecular complexity index is 884. The molecular formula is C17H23N7. The normalized spacial score (nSPS) is 16.2. The van der Waals surface area contributed by atoms with Crippen molar-refractivity contribution in [2.24, 2.45) is 7.05 Å². The molecule has 1 saturated heterocycles. The molecule has 4 heterocycles. The minimum atomic E-state index is 0.857. The molecule has 3 aromatic rings. The third-order valence-electron chi connectivity index (χ3n) is 4.90. The lowest BCUT2D eigenvalue weighted by molar-refractivity contribution is 0.311. The van der Waals surface area contributed by atoms with Crippen molar-refractivity contribution in [3.05, 3.63) is 29.7 Å². The van der Waals surface area contributed by atoms with Crippen LogP contribution in [0.4, 0.5) is 5.82 Å². The van der Waals surface area contributed by atoms with E-state index in [2.05, 4.69) is 35.7 Å². The molecule has 0 radical (unpaired) electrons. The molecule has 4 rings (SSSR count). The van der Waals surface area contributed by atoms with Crippen LogP contribution in [0, 0.1) is 13.8 Å². The van der Waals surface area contributed by atoms with Gasteiger partial charge in [-0.15, -0.1) is 0 Å². The summed E-state index contributed by atoms with van der Waals surface area (Å²) < 4.78 is 3.97. The first kappa shape index (κ1) is 15.1. The Hall–Kier alpha value is -2.41. The number of imidazole rings is 1. The van der Waals surface area contributed by atoms with Crippen molar-refractivity contribution in [3.63, 3.8) is 0 Å². The Balaban J connectivity index is 1.87. The molecule has 1 aliphatic rings. The standard InChI is InChI=1S/C17H23N7/c1-12-13(2)19-15-11-14(16-18-5-6-22(16)4)20-24(15)17(12)23-9-7-21(3)8-10-23/h5-6,11H,7-10H2,1-4H3. The van der Waals surface area contributed by atoms with Gasteiger partial charge >= 0.3 is 0 Å². The van der Waals surface area contributed by atoms with E-state index in [-0.39, 0.29) is 0 Å². The Morgan fingerprint density at radius 3 is 2.46 bits per heavy atom. The molecule has 0 bridgehead atoms. The Morgan fingerprint density at radius 2 is 1.79 bits per heavy atom. The molecule has 126 valence electrons. The highest BCUT2D eigenvalue weighted by atomic mass is 15.4. The fraction of sp³-hybridized carbons (Fsp3) is 0.471. The van der Waals surface area contributed by atoms with Crippen LogP contribution in [0.2, 0.25) is 0 Å². The SMILES string of the molecule is Cc1nc2cc(-c3nccn3C)nn2c(N2CCN(C)CC2)c1C. The number of anilines is 1. The third-order valence-corrected chi connectivity index (χ3v) is 4.90. The minimum Gasteiger partial charge on any atom is -0.354 e. The predicted octanol–water partition coefficient (Wildman–Crippen LogP) is 1.50. The monoisotopic (exact) mass is 325 g/mol. The highest BCUT2D eigenvalue weighted by Gasteiger charge is 2.22. The molecule has 0 N–H and O–H groups in total. The summed E-state index contributed by atoms with van der Waals surface area (Å²) in [5, 5.41) is 4.83. The zero-order valence-corrected chi connectivity index (χ0v) is 14.7. The van der Waals surface area contributed by atoms with Crippen molar-refractivity contribution in [2.75, 3.05) is 38.1 Å². The molecule has 0 amide bonds. The Morgan fingerprint density at radius 1 is 1.04 bits per heavy atom. The van der Waals surface area contributed by atoms with Crippen LogP contribution < -0.4 is 4.90 Å². The van der Waals surface area contributed by atoms with Crippen molar-refractivity contribution in [2.45, 2.75) is 13.8 Å². The smallest absolute Gasteiger partial charge is 0.160 e. The second-order valence-corrected chi connectivity index (χ2v) is 6.60. The first-order valence-corrected chi connectivity index (χ1v) is 8.33. The van der Waals surface area contributed by atoms with Crippen molar-refractivity contribution in [1.29, 1.82) is 0 Å². The molecule has 0 aliphatic carbocycles. The number of hydrogen-bond acceptors (Lipinski definition) is 5. The van der Waals surface area contributed by atoms with Crippen LogP contribution in [0.1, 0.15) is 11.3 Å². The quantitative estimate of drug-likeness (QED) is 0.715. The van der Waals surface area contributed by atoms with Crippen LogP contribution in [-0.2, 0) is 7.05 Å². The maximum Gasteiger partial charge on any atom is 0.160 e. The number of nitrogens with zero attached hydrogens (tertiary/aromatic N) is 7. The van der Waals surface area contributed by atoms with E-state index in [1.165, 1.54) is 5.56 Å². The molecule has 0 saturated carbocycles. The van der Waals surface area contributed by atoms with Crippen LogP contribution in [0.15, 0.2) is 18.5 Å². The largest absolute Gasteiger partial charge is 0.354 e. The van der Waals surface area contributed by atoms with Crippen LogP contribution in [0.25, 0.3) is 17.2 Å². The molecule has 1 fully saturated rings. The van der Waals surface area contributed by atoms with Gasteiger partial charge in [-0.05, 0) is 20.9 Å². The summed E-state index contributed by atoms with van der Waals surface area (Å²) in [6, 6.07) is 2.02. The Labute approximate surface area is 141 Å². The van der Waals surface area contributed by atoms with E-state index in [1.807, 2.05) is 28.4 Å². The van der Waals surface area contributed by atoms with Crippen molar-refractivity contribution in [1.82, 2.24) is 29.0 Å². The number of aryl methyl sites for hydroxylation is 2. The molecule has 7 heteroatoms. The van der Waals surface area contributed by atoms with Crippen molar-refractivity contribution in [3.8, 4) is 11.5 Å². The number of rotatable bonds is 2. The molecule has 3 aromatic heterocycles. The zero-order valence-electron chi connectivity index (χ0n) is 14.7. The average molecular weight is 325 g/mol. The Kier molecular flexibility index (Phi) is 3.53. The number of piperazine rings is 1. The van der Waals surface area contributed by atoms with Gasteiger partial charge in [-0.3, -0.25) is 0 Å². The van der Waals surface area contributed by atoms with Gasteiger partial charge in [0.2, 0.25) is 0 Å². The summed E-state index contributed by atoms with van der Waals surface area (Å²) in [6.45, 7) is 8.35. The van der Waals surface area contributed by atoms with E-state index in [4.69, 9.17) is 10.1 Å². The van der Waals surface area contributed by atoms with Gasteiger partial charge < -0.3 is 14.4 Å². The summed E-state index contributed by atoms with van der Waals surface area (Å²) in [5.41, 5.74) is 3.99. The highest BCUT2D eigenvalue weighted by Crippen LogP contribution is 2.27. The predicted molar refractivity (Wildman–Crippen MR) is 94.4 cm³/mol. The summed E-state index contributed by atoms with van der Waals surface area (Å²) in [4.78, 5) is 13.9. The fourth-order valence-electron chi connectivity index (χ4n) is 3.29. The van der Waals surface area contributed by atoms with E-state index in [0.29, 0.717) is 0 Å². The highest BCUT2D eigenvalue weighted by molar-refractivity contribution is 5.63. The van der Waals surface area contributed by atoms with Gasteiger partial charge in [-0.1, -0.05) is 0 Å². The molecule has 0 aromatic carbocycles. The van der Waals surface area contributed by atoms with Crippen LogP contribution in [-0.4, -0.2) is 62.3 Å². The molecule has 1 aliphatic heterocycles. The first-order chi connectivity index (χ1) is 11.5. The van der Waals surface area contributed by atoms with Gasteiger partial charge in [-0.2, -0.15) is 9.61 Å². The van der Waals surface area contributed by atoms with Crippen LogP contribution in [0.3, 0.4) is 0 Å². The maximum atomic E-state index is 4.83. The lowest BCUT2D eigenvalue weighted by Crippen LogP contribution is -2.45. The van der Waals surface area contributed by atoms with Gasteiger partial charge in [-0.25, -0.2) is 9.97 Å². The zero-order chi connectivity index (χ0) is 16.8. The molecule has 24 heavy (non-hydrogen) atoms. The lowest BCUT2D eigenvalue weighted by Gasteiger charge is -2.34. The van der Waals surface area contributed by atoms with E-state index >= 15 is 0 Å².